The molecule has 3 heterocycles. The van der Waals surface area contributed by atoms with Crippen LogP contribution in [0.3, 0.4) is 0 Å². The lowest BCUT2D eigenvalue weighted by atomic mass is 10.0. The lowest BCUT2D eigenvalue weighted by Crippen LogP contribution is -2.35. The number of rotatable bonds is 3. The summed E-state index contributed by atoms with van der Waals surface area (Å²) in [5.41, 5.74) is 4.02. The first kappa shape index (κ1) is 16.2. The van der Waals surface area contributed by atoms with Gasteiger partial charge < -0.3 is 4.98 Å². The number of hydrogen-bond acceptors (Lipinski definition) is 5. The number of H-pyrrole nitrogens is 1. The molecule has 0 saturated heterocycles. The lowest BCUT2D eigenvalue weighted by Gasteiger charge is -2.27. The summed E-state index contributed by atoms with van der Waals surface area (Å²) in [5, 5.41) is 9.03. The maximum Gasteiger partial charge on any atom is 0.255 e. The van der Waals surface area contributed by atoms with E-state index >= 15 is 0 Å². The van der Waals surface area contributed by atoms with E-state index in [0.29, 0.717) is 24.5 Å². The third-order valence-electron chi connectivity index (χ3n) is 4.54. The van der Waals surface area contributed by atoms with Crippen molar-refractivity contribution in [1.82, 2.24) is 19.9 Å². The normalized spacial score (nSPS) is 13.8. The van der Waals surface area contributed by atoms with E-state index in [0.717, 1.165) is 35.3 Å². The fraction of sp³-hybridized carbons (Fsp3) is 0.200. The molecule has 6 heteroatoms. The number of aromatic nitrogens is 3. The zero-order valence-corrected chi connectivity index (χ0v) is 14.1. The summed E-state index contributed by atoms with van der Waals surface area (Å²) in [7, 11) is 0. The van der Waals surface area contributed by atoms with E-state index in [9.17, 15) is 4.79 Å². The Morgan fingerprint density at radius 2 is 2.19 bits per heavy atom. The second-order valence-corrected chi connectivity index (χ2v) is 6.35. The quantitative estimate of drug-likeness (QED) is 0.788. The van der Waals surface area contributed by atoms with Gasteiger partial charge in [-0.25, -0.2) is 4.98 Å². The smallest absolute Gasteiger partial charge is 0.255 e. The van der Waals surface area contributed by atoms with Gasteiger partial charge in [0.05, 0.1) is 22.9 Å². The Bertz CT molecular complexity index is 1040. The van der Waals surface area contributed by atoms with Crippen molar-refractivity contribution in [3.8, 4) is 17.5 Å². The molecular formula is C20H17N5O. The highest BCUT2D eigenvalue weighted by atomic mass is 16.1. The van der Waals surface area contributed by atoms with Crippen molar-refractivity contribution < 1.29 is 0 Å². The van der Waals surface area contributed by atoms with E-state index in [-0.39, 0.29) is 5.56 Å². The molecule has 0 fully saturated rings. The minimum absolute atomic E-state index is 0.0932. The first-order valence-corrected chi connectivity index (χ1v) is 8.47. The number of nitrogens with zero attached hydrogens (tertiary/aromatic N) is 4. The highest BCUT2D eigenvalue weighted by molar-refractivity contribution is 5.53. The third kappa shape index (κ3) is 3.25. The van der Waals surface area contributed by atoms with E-state index in [1.54, 1.807) is 18.5 Å². The molecule has 128 valence electrons. The van der Waals surface area contributed by atoms with Gasteiger partial charge in [-0.2, -0.15) is 5.26 Å². The van der Waals surface area contributed by atoms with Gasteiger partial charge in [0.15, 0.2) is 0 Å². The van der Waals surface area contributed by atoms with Gasteiger partial charge in [-0.3, -0.25) is 14.7 Å². The number of nitriles is 1. The minimum Gasteiger partial charge on any atom is -0.306 e. The molecule has 1 aliphatic rings. The van der Waals surface area contributed by atoms with Gasteiger partial charge in [-0.05, 0) is 29.8 Å². The number of benzene rings is 1. The summed E-state index contributed by atoms with van der Waals surface area (Å²) in [6, 6.07) is 13.5. The molecule has 0 aliphatic carbocycles. The number of fused-ring (bicyclic) bond motifs is 1. The van der Waals surface area contributed by atoms with Crippen molar-refractivity contribution in [1.29, 1.82) is 5.26 Å². The SMILES string of the molecule is N#Cc1cccc(CN2CCc3nc(-c4cccnc4)[nH]c(=O)c3C2)c1. The van der Waals surface area contributed by atoms with Gasteiger partial charge in [0.1, 0.15) is 5.82 Å². The monoisotopic (exact) mass is 343 g/mol. The van der Waals surface area contributed by atoms with E-state index in [1.165, 1.54) is 0 Å². The molecule has 0 bridgehead atoms. The summed E-state index contributed by atoms with van der Waals surface area (Å²) in [5.74, 6) is 0.567. The number of aromatic amines is 1. The predicted molar refractivity (Wildman–Crippen MR) is 97.1 cm³/mol. The van der Waals surface area contributed by atoms with Gasteiger partial charge in [0, 0.05) is 44.0 Å². The van der Waals surface area contributed by atoms with Crippen LogP contribution in [-0.2, 0) is 19.5 Å². The van der Waals surface area contributed by atoms with Gasteiger partial charge >= 0.3 is 0 Å². The Kier molecular flexibility index (Phi) is 4.30. The second-order valence-electron chi connectivity index (χ2n) is 6.35. The van der Waals surface area contributed by atoms with Crippen LogP contribution in [0.15, 0.2) is 53.6 Å². The van der Waals surface area contributed by atoms with Gasteiger partial charge in [-0.15, -0.1) is 0 Å². The molecule has 26 heavy (non-hydrogen) atoms. The van der Waals surface area contributed by atoms with Crippen molar-refractivity contribution in [3.05, 3.63) is 81.5 Å². The molecule has 0 radical (unpaired) electrons. The molecule has 6 nitrogen and oxygen atoms in total. The Labute approximate surface area is 150 Å². The predicted octanol–water partition coefficient (Wildman–Crippen LogP) is 2.26. The van der Waals surface area contributed by atoms with Crippen LogP contribution in [0.2, 0.25) is 0 Å². The van der Waals surface area contributed by atoms with Crippen LogP contribution >= 0.6 is 0 Å². The van der Waals surface area contributed by atoms with Crippen LogP contribution in [0.1, 0.15) is 22.4 Å². The fourth-order valence-electron chi connectivity index (χ4n) is 3.25. The van der Waals surface area contributed by atoms with Gasteiger partial charge in [0.25, 0.3) is 5.56 Å². The van der Waals surface area contributed by atoms with Crippen molar-refractivity contribution >= 4 is 0 Å². The molecule has 0 atom stereocenters. The summed E-state index contributed by atoms with van der Waals surface area (Å²) in [6.07, 6.45) is 4.12. The van der Waals surface area contributed by atoms with Crippen LogP contribution < -0.4 is 5.56 Å². The van der Waals surface area contributed by atoms with E-state index in [2.05, 4.69) is 25.9 Å². The number of hydrogen-bond donors (Lipinski definition) is 1. The summed E-state index contributed by atoms with van der Waals surface area (Å²) in [4.78, 5) is 26.4. The van der Waals surface area contributed by atoms with Gasteiger partial charge in [0.2, 0.25) is 0 Å². The fourth-order valence-corrected chi connectivity index (χ4v) is 3.25. The van der Waals surface area contributed by atoms with Crippen LogP contribution in [0.25, 0.3) is 11.4 Å². The maximum atomic E-state index is 12.6. The Balaban J connectivity index is 1.57. The van der Waals surface area contributed by atoms with Crippen LogP contribution in [0, 0.1) is 11.3 Å². The highest BCUT2D eigenvalue weighted by Crippen LogP contribution is 2.19. The number of nitrogens with one attached hydrogen (secondary N) is 1. The minimum atomic E-state index is -0.0932. The molecule has 1 aliphatic heterocycles. The third-order valence-corrected chi connectivity index (χ3v) is 4.54. The second kappa shape index (κ2) is 6.90. The molecule has 0 saturated carbocycles. The molecule has 1 aromatic carbocycles. The van der Waals surface area contributed by atoms with Crippen molar-refractivity contribution in [2.24, 2.45) is 0 Å². The van der Waals surface area contributed by atoms with E-state index in [4.69, 9.17) is 5.26 Å². The molecule has 2 aromatic heterocycles. The van der Waals surface area contributed by atoms with Crippen molar-refractivity contribution in [2.75, 3.05) is 6.54 Å². The van der Waals surface area contributed by atoms with Crippen LogP contribution in [0.5, 0.6) is 0 Å². The maximum absolute atomic E-state index is 12.6. The first-order valence-electron chi connectivity index (χ1n) is 8.47. The zero-order valence-electron chi connectivity index (χ0n) is 14.1. The van der Waals surface area contributed by atoms with Crippen molar-refractivity contribution in [3.63, 3.8) is 0 Å². The summed E-state index contributed by atoms with van der Waals surface area (Å²) in [6.45, 7) is 2.09. The molecular weight excluding hydrogens is 326 g/mol. The van der Waals surface area contributed by atoms with Crippen LogP contribution in [-0.4, -0.2) is 26.4 Å². The van der Waals surface area contributed by atoms with Crippen LogP contribution in [0.4, 0.5) is 0 Å². The Morgan fingerprint density at radius 1 is 1.27 bits per heavy atom. The molecule has 0 spiro atoms. The average molecular weight is 343 g/mol. The van der Waals surface area contributed by atoms with E-state index < -0.39 is 0 Å². The Hall–Kier alpha value is -3.30. The lowest BCUT2D eigenvalue weighted by molar-refractivity contribution is 0.242. The summed E-state index contributed by atoms with van der Waals surface area (Å²) >= 11 is 0. The molecule has 3 aromatic rings. The molecule has 0 amide bonds. The van der Waals surface area contributed by atoms with Crippen molar-refractivity contribution in [2.45, 2.75) is 19.5 Å². The van der Waals surface area contributed by atoms with E-state index in [1.807, 2.05) is 30.3 Å². The first-order chi connectivity index (χ1) is 12.7. The highest BCUT2D eigenvalue weighted by Gasteiger charge is 2.21. The Morgan fingerprint density at radius 3 is 3.00 bits per heavy atom. The molecule has 0 unspecified atom stereocenters. The zero-order chi connectivity index (χ0) is 17.9. The molecule has 4 rings (SSSR count). The largest absolute Gasteiger partial charge is 0.306 e. The molecule has 1 N–H and O–H groups in total. The number of pyridine rings is 1. The standard InChI is InChI=1S/C20H17N5O/c21-10-14-3-1-4-15(9-14)12-25-8-6-18-17(13-25)20(26)24-19(23-18)16-5-2-7-22-11-16/h1-5,7,9,11H,6,8,12-13H2,(H,23,24,26). The topological polar surface area (TPSA) is 85.7 Å². The van der Waals surface area contributed by atoms with Gasteiger partial charge in [-0.1, -0.05) is 12.1 Å². The summed E-state index contributed by atoms with van der Waals surface area (Å²) < 4.78 is 0. The average Bonchev–Trinajstić information content (AvgIpc) is 2.69.